The van der Waals surface area contributed by atoms with Crippen LogP contribution in [0, 0.1) is 0 Å². The van der Waals surface area contributed by atoms with E-state index in [4.69, 9.17) is 5.73 Å². The molecule has 0 bridgehead atoms. The van der Waals surface area contributed by atoms with E-state index in [1.807, 2.05) is 44.2 Å². The van der Waals surface area contributed by atoms with Crippen LogP contribution in [0.2, 0.25) is 0 Å². The lowest BCUT2D eigenvalue weighted by molar-refractivity contribution is -0.125. The molecule has 3 nitrogen and oxygen atoms in total. The fraction of sp³-hybridized carbons (Fsp3) is 0.316. The lowest BCUT2D eigenvalue weighted by Crippen LogP contribution is -2.40. The van der Waals surface area contributed by atoms with Gasteiger partial charge in [-0.3, -0.25) is 4.79 Å². The maximum absolute atomic E-state index is 12.3. The molecule has 2 aromatic carbocycles. The first-order valence-electron chi connectivity index (χ1n) is 7.70. The molecule has 0 unspecified atom stereocenters. The SMILES string of the molecule is CC(C)(C(=O)NCCCN)c1ccc(-c2ccccc2)cc1. The number of nitrogens with two attached hydrogens (primary N) is 1. The van der Waals surface area contributed by atoms with Crippen molar-refractivity contribution in [3.63, 3.8) is 0 Å². The standard InChI is InChI=1S/C19H24N2O/c1-19(2,18(22)21-14-6-13-20)17-11-9-16(10-12-17)15-7-4-3-5-8-15/h3-5,7-12H,6,13-14,20H2,1-2H3,(H,21,22). The molecular weight excluding hydrogens is 272 g/mol. The topological polar surface area (TPSA) is 55.1 Å². The summed E-state index contributed by atoms with van der Waals surface area (Å²) in [5.74, 6) is 0.0356. The van der Waals surface area contributed by atoms with Gasteiger partial charge in [-0.15, -0.1) is 0 Å². The Hall–Kier alpha value is -2.13. The monoisotopic (exact) mass is 296 g/mol. The van der Waals surface area contributed by atoms with Crippen molar-refractivity contribution >= 4 is 5.91 Å². The summed E-state index contributed by atoms with van der Waals surface area (Å²) in [7, 11) is 0. The van der Waals surface area contributed by atoms with Crippen LogP contribution in [-0.2, 0) is 10.2 Å². The van der Waals surface area contributed by atoms with Gasteiger partial charge >= 0.3 is 0 Å². The van der Waals surface area contributed by atoms with Crippen molar-refractivity contribution in [3.05, 3.63) is 60.2 Å². The zero-order valence-corrected chi connectivity index (χ0v) is 13.3. The first-order chi connectivity index (χ1) is 10.6. The maximum Gasteiger partial charge on any atom is 0.230 e. The Bertz CT molecular complexity index is 603. The van der Waals surface area contributed by atoms with Crippen molar-refractivity contribution in [1.82, 2.24) is 5.32 Å². The van der Waals surface area contributed by atoms with Gasteiger partial charge in [0.2, 0.25) is 5.91 Å². The van der Waals surface area contributed by atoms with Crippen molar-refractivity contribution in [2.24, 2.45) is 5.73 Å². The number of nitrogens with one attached hydrogen (secondary N) is 1. The van der Waals surface area contributed by atoms with Crippen molar-refractivity contribution in [3.8, 4) is 11.1 Å². The second-order valence-corrected chi connectivity index (χ2v) is 5.97. The van der Waals surface area contributed by atoms with Gasteiger partial charge in [0.15, 0.2) is 0 Å². The Kier molecular flexibility index (Phi) is 5.34. The van der Waals surface area contributed by atoms with Crippen molar-refractivity contribution in [2.75, 3.05) is 13.1 Å². The first kappa shape index (κ1) is 16.2. The molecule has 0 saturated carbocycles. The number of carbonyl (C=O) groups is 1. The number of rotatable bonds is 6. The fourth-order valence-corrected chi connectivity index (χ4v) is 2.37. The molecule has 0 atom stereocenters. The predicted octanol–water partition coefficient (Wildman–Crippen LogP) is 3.10. The molecule has 116 valence electrons. The van der Waals surface area contributed by atoms with E-state index < -0.39 is 5.41 Å². The van der Waals surface area contributed by atoms with Gasteiger partial charge in [0.05, 0.1) is 5.41 Å². The summed E-state index contributed by atoms with van der Waals surface area (Å²) < 4.78 is 0. The predicted molar refractivity (Wildman–Crippen MR) is 91.6 cm³/mol. The fourth-order valence-electron chi connectivity index (χ4n) is 2.37. The van der Waals surface area contributed by atoms with Gasteiger partial charge < -0.3 is 11.1 Å². The molecule has 0 aliphatic carbocycles. The molecule has 0 saturated heterocycles. The normalized spacial score (nSPS) is 11.2. The minimum Gasteiger partial charge on any atom is -0.355 e. The Labute approximate surface area is 132 Å². The summed E-state index contributed by atoms with van der Waals surface area (Å²) in [6.45, 7) is 5.11. The van der Waals surface area contributed by atoms with E-state index in [2.05, 4.69) is 29.6 Å². The summed E-state index contributed by atoms with van der Waals surface area (Å²) in [4.78, 5) is 12.3. The molecule has 0 spiro atoms. The zero-order chi connectivity index (χ0) is 16.0. The molecule has 0 aromatic heterocycles. The van der Waals surface area contributed by atoms with Crippen LogP contribution in [0.15, 0.2) is 54.6 Å². The van der Waals surface area contributed by atoms with E-state index in [0.29, 0.717) is 13.1 Å². The van der Waals surface area contributed by atoms with Gasteiger partial charge in [0.1, 0.15) is 0 Å². The Balaban J connectivity index is 2.13. The zero-order valence-electron chi connectivity index (χ0n) is 13.3. The Morgan fingerprint density at radius 1 is 1.00 bits per heavy atom. The highest BCUT2D eigenvalue weighted by Crippen LogP contribution is 2.26. The molecular formula is C19H24N2O. The second-order valence-electron chi connectivity index (χ2n) is 5.97. The Morgan fingerprint density at radius 2 is 1.59 bits per heavy atom. The number of carbonyl (C=O) groups excluding carboxylic acids is 1. The van der Waals surface area contributed by atoms with E-state index in [0.717, 1.165) is 17.5 Å². The molecule has 22 heavy (non-hydrogen) atoms. The van der Waals surface area contributed by atoms with E-state index >= 15 is 0 Å². The van der Waals surface area contributed by atoms with E-state index in [1.54, 1.807) is 0 Å². The average molecular weight is 296 g/mol. The van der Waals surface area contributed by atoms with Crippen molar-refractivity contribution in [1.29, 1.82) is 0 Å². The summed E-state index contributed by atoms with van der Waals surface area (Å²) in [6.07, 6.45) is 0.800. The number of hydrogen-bond donors (Lipinski definition) is 2. The third-order valence-corrected chi connectivity index (χ3v) is 3.95. The summed E-state index contributed by atoms with van der Waals surface area (Å²) in [5.41, 5.74) is 8.25. The third-order valence-electron chi connectivity index (χ3n) is 3.95. The molecule has 0 heterocycles. The highest BCUT2D eigenvalue weighted by molar-refractivity contribution is 5.87. The maximum atomic E-state index is 12.3. The van der Waals surface area contributed by atoms with Gasteiger partial charge in [0.25, 0.3) is 0 Å². The third kappa shape index (κ3) is 3.74. The number of amides is 1. The summed E-state index contributed by atoms with van der Waals surface area (Å²) in [6, 6.07) is 18.4. The summed E-state index contributed by atoms with van der Waals surface area (Å²) in [5, 5.41) is 2.95. The van der Waals surface area contributed by atoms with Crippen LogP contribution in [-0.4, -0.2) is 19.0 Å². The molecule has 3 N–H and O–H groups in total. The van der Waals surface area contributed by atoms with E-state index in [-0.39, 0.29) is 5.91 Å². The second kappa shape index (κ2) is 7.23. The lowest BCUT2D eigenvalue weighted by Gasteiger charge is -2.24. The van der Waals surface area contributed by atoms with Crippen LogP contribution in [0.1, 0.15) is 25.8 Å². The van der Waals surface area contributed by atoms with Crippen LogP contribution >= 0.6 is 0 Å². The molecule has 0 radical (unpaired) electrons. The smallest absolute Gasteiger partial charge is 0.230 e. The average Bonchev–Trinajstić information content (AvgIpc) is 2.56. The number of benzene rings is 2. The molecule has 1 amide bonds. The molecule has 2 rings (SSSR count). The molecule has 3 heteroatoms. The van der Waals surface area contributed by atoms with Gasteiger partial charge in [-0.1, -0.05) is 54.6 Å². The largest absolute Gasteiger partial charge is 0.355 e. The first-order valence-corrected chi connectivity index (χ1v) is 7.70. The van der Waals surface area contributed by atoms with E-state index in [9.17, 15) is 4.79 Å². The van der Waals surface area contributed by atoms with Gasteiger partial charge in [0, 0.05) is 6.54 Å². The van der Waals surface area contributed by atoms with E-state index in [1.165, 1.54) is 5.56 Å². The molecule has 2 aromatic rings. The highest BCUT2D eigenvalue weighted by Gasteiger charge is 2.29. The minimum absolute atomic E-state index is 0.0356. The Morgan fingerprint density at radius 3 is 2.18 bits per heavy atom. The van der Waals surface area contributed by atoms with Gasteiger partial charge in [-0.05, 0) is 43.5 Å². The molecule has 0 aliphatic rings. The minimum atomic E-state index is -0.552. The van der Waals surface area contributed by atoms with Crippen LogP contribution < -0.4 is 11.1 Å². The van der Waals surface area contributed by atoms with Crippen molar-refractivity contribution < 1.29 is 4.79 Å². The summed E-state index contributed by atoms with van der Waals surface area (Å²) >= 11 is 0. The van der Waals surface area contributed by atoms with Crippen LogP contribution in [0.25, 0.3) is 11.1 Å². The lowest BCUT2D eigenvalue weighted by atomic mass is 9.83. The molecule has 0 aliphatic heterocycles. The van der Waals surface area contributed by atoms with Gasteiger partial charge in [-0.2, -0.15) is 0 Å². The van der Waals surface area contributed by atoms with Crippen LogP contribution in [0.4, 0.5) is 0 Å². The van der Waals surface area contributed by atoms with Gasteiger partial charge in [-0.25, -0.2) is 0 Å². The molecule has 0 fully saturated rings. The van der Waals surface area contributed by atoms with Crippen LogP contribution in [0.3, 0.4) is 0 Å². The number of hydrogen-bond acceptors (Lipinski definition) is 2. The highest BCUT2D eigenvalue weighted by atomic mass is 16.2. The van der Waals surface area contributed by atoms with Crippen LogP contribution in [0.5, 0.6) is 0 Å². The quantitative estimate of drug-likeness (QED) is 0.805. The van der Waals surface area contributed by atoms with Crippen molar-refractivity contribution in [2.45, 2.75) is 25.7 Å².